The zero-order chi connectivity index (χ0) is 22.0. The molecule has 0 saturated carbocycles. The van der Waals surface area contributed by atoms with Crippen molar-refractivity contribution < 1.29 is 19.1 Å². The molecule has 6 nitrogen and oxygen atoms in total. The Morgan fingerprint density at radius 2 is 1.71 bits per heavy atom. The molecule has 0 aliphatic heterocycles. The van der Waals surface area contributed by atoms with Gasteiger partial charge in [-0.3, -0.25) is 9.59 Å². The molecule has 0 unspecified atom stereocenters. The highest BCUT2D eigenvalue weighted by molar-refractivity contribution is 5.93. The van der Waals surface area contributed by atoms with Crippen LogP contribution in [0.2, 0.25) is 0 Å². The molecular weight excluding hydrogens is 392 g/mol. The summed E-state index contributed by atoms with van der Waals surface area (Å²) in [6, 6.07) is 19.3. The third kappa shape index (κ3) is 4.14. The highest BCUT2D eigenvalue weighted by atomic mass is 16.4. The number of hydrogen-bond donors (Lipinski definition) is 2. The first-order chi connectivity index (χ1) is 14.9. The molecule has 3 N–H and O–H groups in total. The zero-order valence-electron chi connectivity index (χ0n) is 17.0. The van der Waals surface area contributed by atoms with Gasteiger partial charge in [0.15, 0.2) is 0 Å². The molecule has 2 heterocycles. The van der Waals surface area contributed by atoms with Crippen molar-refractivity contribution in [3.63, 3.8) is 0 Å². The lowest BCUT2D eigenvalue weighted by atomic mass is 10.0. The Morgan fingerprint density at radius 3 is 2.32 bits per heavy atom. The van der Waals surface area contributed by atoms with Crippen molar-refractivity contribution in [3.05, 3.63) is 90.0 Å². The van der Waals surface area contributed by atoms with Crippen molar-refractivity contribution >= 4 is 11.9 Å². The highest BCUT2D eigenvalue weighted by Crippen LogP contribution is 2.31. The Balaban J connectivity index is 1.80. The van der Waals surface area contributed by atoms with E-state index >= 15 is 0 Å². The van der Waals surface area contributed by atoms with Gasteiger partial charge in [0.25, 0.3) is 0 Å². The predicted octanol–water partition coefficient (Wildman–Crippen LogP) is 4.83. The molecule has 4 rings (SSSR count). The summed E-state index contributed by atoms with van der Waals surface area (Å²) in [6.07, 6.45) is 3.76. The van der Waals surface area contributed by atoms with Gasteiger partial charge in [0, 0.05) is 22.5 Å². The summed E-state index contributed by atoms with van der Waals surface area (Å²) >= 11 is 0. The van der Waals surface area contributed by atoms with Crippen LogP contribution in [0.3, 0.4) is 0 Å². The van der Waals surface area contributed by atoms with E-state index in [1.54, 1.807) is 24.7 Å². The second kappa shape index (κ2) is 8.36. The summed E-state index contributed by atoms with van der Waals surface area (Å²) in [6.45, 7) is 1.91. The Morgan fingerprint density at radius 1 is 0.968 bits per heavy atom. The van der Waals surface area contributed by atoms with Crippen LogP contribution in [0.1, 0.15) is 28.0 Å². The predicted molar refractivity (Wildman–Crippen MR) is 118 cm³/mol. The lowest BCUT2D eigenvalue weighted by molar-refractivity contribution is -0.136. The number of amides is 1. The van der Waals surface area contributed by atoms with E-state index in [-0.39, 0.29) is 6.42 Å². The number of furan rings is 1. The zero-order valence-corrected chi connectivity index (χ0v) is 17.0. The molecule has 31 heavy (non-hydrogen) atoms. The van der Waals surface area contributed by atoms with Crippen molar-refractivity contribution in [2.24, 2.45) is 5.73 Å². The van der Waals surface area contributed by atoms with Crippen LogP contribution in [0.25, 0.3) is 28.1 Å². The van der Waals surface area contributed by atoms with Crippen LogP contribution in [0.15, 0.2) is 77.6 Å². The fraction of sp³-hybridized carbons (Fsp3) is 0.120. The average molecular weight is 414 g/mol. The van der Waals surface area contributed by atoms with E-state index in [1.165, 1.54) is 0 Å². The van der Waals surface area contributed by atoms with E-state index in [2.05, 4.69) is 4.57 Å². The number of aliphatic carboxylic acids is 1. The third-order valence-corrected chi connectivity index (χ3v) is 5.31. The molecule has 0 aliphatic rings. The normalized spacial score (nSPS) is 10.9. The van der Waals surface area contributed by atoms with Gasteiger partial charge in [-0.1, -0.05) is 24.3 Å². The molecule has 0 saturated heterocycles. The molecule has 0 atom stereocenters. The van der Waals surface area contributed by atoms with Gasteiger partial charge in [-0.2, -0.15) is 0 Å². The van der Waals surface area contributed by atoms with Crippen LogP contribution in [0.5, 0.6) is 0 Å². The average Bonchev–Trinajstić information content (AvgIpc) is 3.42. The Bertz CT molecular complexity index is 1240. The van der Waals surface area contributed by atoms with E-state index in [0.717, 1.165) is 39.3 Å². The number of rotatable bonds is 7. The molecule has 0 bridgehead atoms. The summed E-state index contributed by atoms with van der Waals surface area (Å²) in [5.74, 6) is -1.33. The maximum atomic E-state index is 11.6. The molecule has 0 aliphatic carbocycles. The summed E-state index contributed by atoms with van der Waals surface area (Å²) in [7, 11) is 0. The Labute approximate surface area is 179 Å². The number of primary amides is 1. The summed E-state index contributed by atoms with van der Waals surface area (Å²) < 4.78 is 7.22. The van der Waals surface area contributed by atoms with E-state index in [4.69, 9.17) is 15.3 Å². The van der Waals surface area contributed by atoms with Crippen molar-refractivity contribution in [3.8, 4) is 28.1 Å². The Hall–Kier alpha value is -4.06. The molecule has 0 spiro atoms. The van der Waals surface area contributed by atoms with Crippen LogP contribution >= 0.6 is 0 Å². The summed E-state index contributed by atoms with van der Waals surface area (Å²) in [5, 5.41) is 9.16. The first kappa shape index (κ1) is 20.2. The van der Waals surface area contributed by atoms with Crippen LogP contribution in [-0.4, -0.2) is 21.6 Å². The van der Waals surface area contributed by atoms with Gasteiger partial charge in [-0.05, 0) is 66.4 Å². The van der Waals surface area contributed by atoms with Gasteiger partial charge < -0.3 is 19.8 Å². The quantitative estimate of drug-likeness (QED) is 0.452. The van der Waals surface area contributed by atoms with Crippen LogP contribution in [0.4, 0.5) is 0 Å². The fourth-order valence-electron chi connectivity index (χ4n) is 3.74. The summed E-state index contributed by atoms with van der Waals surface area (Å²) in [5.41, 5.74) is 12.5. The van der Waals surface area contributed by atoms with Gasteiger partial charge in [-0.25, -0.2) is 0 Å². The van der Waals surface area contributed by atoms with E-state index < -0.39 is 11.9 Å². The second-order valence-electron chi connectivity index (χ2n) is 7.39. The number of carbonyl (C=O) groups is 2. The van der Waals surface area contributed by atoms with Crippen LogP contribution in [-0.2, 0) is 11.2 Å². The van der Waals surface area contributed by atoms with Crippen molar-refractivity contribution in [2.45, 2.75) is 19.8 Å². The van der Waals surface area contributed by atoms with Gasteiger partial charge >= 0.3 is 5.97 Å². The van der Waals surface area contributed by atoms with Gasteiger partial charge in [0.2, 0.25) is 5.91 Å². The first-order valence-corrected chi connectivity index (χ1v) is 9.90. The molecule has 0 fully saturated rings. The fourth-order valence-corrected chi connectivity index (χ4v) is 3.74. The molecule has 2 aromatic heterocycles. The molecule has 1 amide bonds. The van der Waals surface area contributed by atoms with E-state index in [0.29, 0.717) is 12.0 Å². The topological polar surface area (TPSA) is 98.5 Å². The van der Waals surface area contributed by atoms with Gasteiger partial charge in [0.1, 0.15) is 0 Å². The number of aromatic nitrogens is 1. The maximum absolute atomic E-state index is 11.6. The number of nitrogens with two attached hydrogens (primary N) is 1. The smallest absolute Gasteiger partial charge is 0.303 e. The van der Waals surface area contributed by atoms with Crippen LogP contribution < -0.4 is 5.73 Å². The number of aryl methyl sites for hydroxylation is 2. The first-order valence-electron chi connectivity index (χ1n) is 9.90. The van der Waals surface area contributed by atoms with Crippen LogP contribution in [0, 0.1) is 6.92 Å². The number of benzene rings is 2. The third-order valence-electron chi connectivity index (χ3n) is 5.31. The minimum atomic E-state index is -0.848. The number of carboxylic acids is 1. The molecule has 0 radical (unpaired) electrons. The minimum Gasteiger partial charge on any atom is -0.481 e. The van der Waals surface area contributed by atoms with Gasteiger partial charge in [-0.15, -0.1) is 0 Å². The van der Waals surface area contributed by atoms with Crippen molar-refractivity contribution in [2.75, 3.05) is 0 Å². The summed E-state index contributed by atoms with van der Waals surface area (Å²) in [4.78, 5) is 22.7. The second-order valence-corrected chi connectivity index (χ2v) is 7.39. The number of nitrogens with zero attached hydrogens (tertiary/aromatic N) is 1. The molecule has 156 valence electrons. The number of carbonyl (C=O) groups excluding carboxylic acids is 1. The monoisotopic (exact) mass is 414 g/mol. The SMILES string of the molecule is Cc1cc(C(N)=O)ccc1-n1c(CCC(=O)O)ccc1-c1ccc(-c2ccoc2)cc1. The van der Waals surface area contributed by atoms with E-state index in [9.17, 15) is 9.59 Å². The van der Waals surface area contributed by atoms with Crippen molar-refractivity contribution in [1.82, 2.24) is 4.57 Å². The molecule has 6 heteroatoms. The number of carboxylic acid groups (broad SMARTS) is 1. The number of hydrogen-bond acceptors (Lipinski definition) is 3. The lowest BCUT2D eigenvalue weighted by Gasteiger charge is -2.17. The minimum absolute atomic E-state index is 0.0291. The molecular formula is C25H22N2O4. The Kier molecular flexibility index (Phi) is 5.45. The molecule has 2 aromatic carbocycles. The molecule has 4 aromatic rings. The lowest BCUT2D eigenvalue weighted by Crippen LogP contribution is -2.12. The highest BCUT2D eigenvalue weighted by Gasteiger charge is 2.16. The largest absolute Gasteiger partial charge is 0.481 e. The maximum Gasteiger partial charge on any atom is 0.303 e. The van der Waals surface area contributed by atoms with Crippen molar-refractivity contribution in [1.29, 1.82) is 0 Å². The standard InChI is InChI=1S/C25H22N2O4/c1-16-14-19(25(26)30)6-9-22(16)27-21(8-11-24(28)29)7-10-23(27)18-4-2-17(3-5-18)20-12-13-31-15-20/h2-7,9-10,12-15H,8,11H2,1H3,(H2,26,30)(H,28,29). The van der Waals surface area contributed by atoms with Gasteiger partial charge in [0.05, 0.1) is 24.6 Å². The van der Waals surface area contributed by atoms with E-state index in [1.807, 2.05) is 55.5 Å².